The molecule has 4 heteroatoms. The van der Waals surface area contributed by atoms with Gasteiger partial charge < -0.3 is 5.32 Å². The molecule has 0 radical (unpaired) electrons. The summed E-state index contributed by atoms with van der Waals surface area (Å²) in [6.45, 7) is 4.17. The van der Waals surface area contributed by atoms with Crippen LogP contribution in [0.1, 0.15) is 11.1 Å². The summed E-state index contributed by atoms with van der Waals surface area (Å²) >= 11 is 6.15. The largest absolute Gasteiger partial charge is 0.340 e. The summed E-state index contributed by atoms with van der Waals surface area (Å²) in [5, 5.41) is 3.75. The van der Waals surface area contributed by atoms with E-state index in [1.54, 1.807) is 6.07 Å². The molecule has 22 heavy (non-hydrogen) atoms. The molecule has 0 saturated heterocycles. The summed E-state index contributed by atoms with van der Waals surface area (Å²) in [5.41, 5.74) is 4.38. The Balaban J connectivity index is 1.98. The van der Waals surface area contributed by atoms with E-state index in [4.69, 9.17) is 11.6 Å². The van der Waals surface area contributed by atoms with Crippen LogP contribution in [0.5, 0.6) is 0 Å². The van der Waals surface area contributed by atoms with Gasteiger partial charge in [-0.2, -0.15) is 0 Å². The first-order valence-corrected chi connectivity index (χ1v) is 7.44. The molecular weight excluding hydrogens is 294 g/mol. The molecule has 0 spiro atoms. The topological polar surface area (TPSA) is 37.8 Å². The summed E-state index contributed by atoms with van der Waals surface area (Å²) < 4.78 is 0. The van der Waals surface area contributed by atoms with Crippen LogP contribution >= 0.6 is 11.6 Å². The number of benzene rings is 2. The molecule has 110 valence electrons. The molecule has 1 N–H and O–H groups in total. The molecule has 0 aliphatic carbocycles. The van der Waals surface area contributed by atoms with E-state index in [-0.39, 0.29) is 0 Å². The van der Waals surface area contributed by atoms with Crippen molar-refractivity contribution >= 4 is 23.1 Å². The second kappa shape index (κ2) is 6.16. The van der Waals surface area contributed by atoms with E-state index < -0.39 is 0 Å². The molecule has 0 aliphatic rings. The minimum atomic E-state index is 0.418. The lowest BCUT2D eigenvalue weighted by atomic mass is 10.1. The number of anilines is 2. The fourth-order valence-electron chi connectivity index (χ4n) is 2.22. The van der Waals surface area contributed by atoms with Crippen molar-refractivity contribution in [1.29, 1.82) is 0 Å². The Morgan fingerprint density at radius 1 is 0.909 bits per heavy atom. The summed E-state index contributed by atoms with van der Waals surface area (Å²) in [7, 11) is 0. The molecule has 0 bridgehead atoms. The first-order chi connectivity index (χ1) is 10.6. The molecule has 0 fully saturated rings. The minimum Gasteiger partial charge on any atom is -0.340 e. The number of hydrogen-bond donors (Lipinski definition) is 1. The van der Waals surface area contributed by atoms with Gasteiger partial charge in [0.05, 0.1) is 0 Å². The number of hydrogen-bond acceptors (Lipinski definition) is 3. The average Bonchev–Trinajstić information content (AvgIpc) is 2.52. The molecular formula is C18H16ClN3. The lowest BCUT2D eigenvalue weighted by molar-refractivity contribution is 1.17. The van der Waals surface area contributed by atoms with Gasteiger partial charge in [-0.1, -0.05) is 54.1 Å². The van der Waals surface area contributed by atoms with Gasteiger partial charge >= 0.3 is 0 Å². The van der Waals surface area contributed by atoms with Gasteiger partial charge in [-0.15, -0.1) is 0 Å². The monoisotopic (exact) mass is 309 g/mol. The molecule has 3 rings (SSSR count). The van der Waals surface area contributed by atoms with Crippen molar-refractivity contribution in [3.63, 3.8) is 0 Å². The van der Waals surface area contributed by atoms with E-state index in [1.165, 1.54) is 11.1 Å². The normalized spacial score (nSPS) is 10.5. The Kier molecular flexibility index (Phi) is 4.07. The highest BCUT2D eigenvalue weighted by molar-refractivity contribution is 6.29. The van der Waals surface area contributed by atoms with Crippen LogP contribution in [0.15, 0.2) is 54.6 Å². The summed E-state index contributed by atoms with van der Waals surface area (Å²) in [6.07, 6.45) is 0. The van der Waals surface area contributed by atoms with Crippen molar-refractivity contribution in [2.24, 2.45) is 0 Å². The molecule has 2 aromatic carbocycles. The predicted octanol–water partition coefficient (Wildman–Crippen LogP) is 5.16. The third-order valence-electron chi connectivity index (χ3n) is 3.59. The smallest absolute Gasteiger partial charge is 0.163 e. The van der Waals surface area contributed by atoms with E-state index in [0.717, 1.165) is 11.3 Å². The second-order valence-electron chi connectivity index (χ2n) is 5.14. The zero-order valence-electron chi connectivity index (χ0n) is 12.5. The van der Waals surface area contributed by atoms with Crippen molar-refractivity contribution < 1.29 is 0 Å². The Labute approximate surface area is 135 Å². The van der Waals surface area contributed by atoms with E-state index in [0.29, 0.717) is 16.8 Å². The minimum absolute atomic E-state index is 0.418. The van der Waals surface area contributed by atoms with Gasteiger partial charge in [0, 0.05) is 17.3 Å². The SMILES string of the molecule is Cc1cccc(Nc2cc(Cl)nc(-c3ccccc3)n2)c1C. The quantitative estimate of drug-likeness (QED) is 0.679. The maximum Gasteiger partial charge on any atom is 0.163 e. The fraction of sp³-hybridized carbons (Fsp3) is 0.111. The van der Waals surface area contributed by atoms with Crippen LogP contribution in [0.25, 0.3) is 11.4 Å². The van der Waals surface area contributed by atoms with Crippen molar-refractivity contribution in [1.82, 2.24) is 9.97 Å². The van der Waals surface area contributed by atoms with Gasteiger partial charge in [-0.05, 0) is 31.0 Å². The fourth-order valence-corrected chi connectivity index (χ4v) is 2.41. The first-order valence-electron chi connectivity index (χ1n) is 7.07. The first kappa shape index (κ1) is 14.5. The highest BCUT2D eigenvalue weighted by atomic mass is 35.5. The highest BCUT2D eigenvalue weighted by Crippen LogP contribution is 2.25. The van der Waals surface area contributed by atoms with E-state index in [2.05, 4.69) is 35.2 Å². The molecule has 0 atom stereocenters. The summed E-state index contributed by atoms with van der Waals surface area (Å²) in [4.78, 5) is 8.86. The molecule has 0 amide bonds. The number of aryl methyl sites for hydroxylation is 1. The summed E-state index contributed by atoms with van der Waals surface area (Å²) in [6, 6.07) is 17.7. The van der Waals surface area contributed by atoms with E-state index in [1.807, 2.05) is 42.5 Å². The van der Waals surface area contributed by atoms with Crippen LogP contribution in [0.3, 0.4) is 0 Å². The highest BCUT2D eigenvalue weighted by Gasteiger charge is 2.07. The Bertz CT molecular complexity index is 801. The molecule has 0 unspecified atom stereocenters. The zero-order valence-corrected chi connectivity index (χ0v) is 13.2. The van der Waals surface area contributed by atoms with Crippen molar-refractivity contribution in [3.8, 4) is 11.4 Å². The third-order valence-corrected chi connectivity index (χ3v) is 3.79. The maximum atomic E-state index is 6.15. The van der Waals surface area contributed by atoms with Gasteiger partial charge in [0.15, 0.2) is 5.82 Å². The van der Waals surface area contributed by atoms with Gasteiger partial charge in [0.2, 0.25) is 0 Å². The van der Waals surface area contributed by atoms with Gasteiger partial charge in [-0.25, -0.2) is 9.97 Å². The number of aromatic nitrogens is 2. The summed E-state index contributed by atoms with van der Waals surface area (Å²) in [5.74, 6) is 1.30. The van der Waals surface area contributed by atoms with E-state index in [9.17, 15) is 0 Å². The van der Waals surface area contributed by atoms with Crippen LogP contribution in [0, 0.1) is 13.8 Å². The third kappa shape index (κ3) is 3.10. The predicted molar refractivity (Wildman–Crippen MR) is 91.7 cm³/mol. The van der Waals surface area contributed by atoms with Crippen molar-refractivity contribution in [3.05, 3.63) is 70.9 Å². The van der Waals surface area contributed by atoms with Crippen molar-refractivity contribution in [2.75, 3.05) is 5.32 Å². The van der Waals surface area contributed by atoms with Gasteiger partial charge in [0.1, 0.15) is 11.0 Å². The number of nitrogens with zero attached hydrogens (tertiary/aromatic N) is 2. The second-order valence-corrected chi connectivity index (χ2v) is 5.53. The Morgan fingerprint density at radius 3 is 2.45 bits per heavy atom. The van der Waals surface area contributed by atoms with Crippen LogP contribution in [-0.4, -0.2) is 9.97 Å². The zero-order chi connectivity index (χ0) is 15.5. The van der Waals surface area contributed by atoms with Crippen LogP contribution in [-0.2, 0) is 0 Å². The molecule has 3 nitrogen and oxygen atoms in total. The molecule has 3 aromatic rings. The van der Waals surface area contributed by atoms with Crippen LogP contribution in [0.2, 0.25) is 5.15 Å². The Hall–Kier alpha value is -2.39. The molecule has 0 aliphatic heterocycles. The number of halogens is 1. The van der Waals surface area contributed by atoms with Crippen molar-refractivity contribution in [2.45, 2.75) is 13.8 Å². The standard InChI is InChI=1S/C18H16ClN3/c1-12-7-6-10-15(13(12)2)20-17-11-16(19)21-18(22-17)14-8-4-3-5-9-14/h3-11H,1-2H3,(H,20,21,22). The lowest BCUT2D eigenvalue weighted by Gasteiger charge is -2.12. The van der Waals surface area contributed by atoms with Crippen LogP contribution in [0.4, 0.5) is 11.5 Å². The molecule has 1 heterocycles. The number of rotatable bonds is 3. The van der Waals surface area contributed by atoms with E-state index >= 15 is 0 Å². The number of nitrogens with one attached hydrogen (secondary N) is 1. The Morgan fingerprint density at radius 2 is 1.68 bits per heavy atom. The lowest BCUT2D eigenvalue weighted by Crippen LogP contribution is -1.99. The maximum absolute atomic E-state index is 6.15. The molecule has 1 aromatic heterocycles. The van der Waals surface area contributed by atoms with Gasteiger partial charge in [-0.3, -0.25) is 0 Å². The average molecular weight is 310 g/mol. The van der Waals surface area contributed by atoms with Crippen LogP contribution < -0.4 is 5.32 Å². The molecule has 0 saturated carbocycles. The van der Waals surface area contributed by atoms with Gasteiger partial charge in [0.25, 0.3) is 0 Å².